The Kier molecular flexibility index (Phi) is 6.40. The third-order valence-corrected chi connectivity index (χ3v) is 3.26. The molecule has 0 saturated heterocycles. The summed E-state index contributed by atoms with van der Waals surface area (Å²) in [4.78, 5) is 22.7. The first kappa shape index (κ1) is 18.0. The Labute approximate surface area is 132 Å². The van der Waals surface area contributed by atoms with Crippen LogP contribution in [-0.4, -0.2) is 32.0 Å². The van der Waals surface area contributed by atoms with E-state index in [1.165, 1.54) is 6.92 Å². The highest BCUT2D eigenvalue weighted by molar-refractivity contribution is 5.79. The van der Waals surface area contributed by atoms with Crippen molar-refractivity contribution in [3.8, 4) is 5.75 Å². The summed E-state index contributed by atoms with van der Waals surface area (Å²) in [5, 5.41) is 5.43. The number of benzene rings is 1. The standard InChI is InChI=1S/C17H26N2O3/c1-12(20)18-8-9-19-16(21)11-13-6-7-15(22-5)14(10-13)17(2,3)4/h6-7,10H,8-9,11H2,1-5H3,(H,18,20)(H,19,21). The molecule has 0 bridgehead atoms. The summed E-state index contributed by atoms with van der Waals surface area (Å²) >= 11 is 0. The van der Waals surface area contributed by atoms with Crippen LogP contribution in [0.2, 0.25) is 0 Å². The van der Waals surface area contributed by atoms with E-state index in [2.05, 4.69) is 31.4 Å². The predicted octanol–water partition coefficient (Wildman–Crippen LogP) is 1.79. The molecule has 0 aromatic heterocycles. The van der Waals surface area contributed by atoms with Crippen molar-refractivity contribution in [2.24, 2.45) is 0 Å². The third-order valence-electron chi connectivity index (χ3n) is 3.26. The number of amides is 2. The van der Waals surface area contributed by atoms with Gasteiger partial charge in [0.05, 0.1) is 13.5 Å². The highest BCUT2D eigenvalue weighted by Gasteiger charge is 2.19. The minimum absolute atomic E-state index is 0.0523. The SMILES string of the molecule is COc1ccc(CC(=O)NCCNC(C)=O)cc1C(C)(C)C. The van der Waals surface area contributed by atoms with Crippen LogP contribution in [0.1, 0.15) is 38.8 Å². The van der Waals surface area contributed by atoms with Crippen molar-refractivity contribution in [2.75, 3.05) is 20.2 Å². The van der Waals surface area contributed by atoms with Crippen molar-refractivity contribution in [2.45, 2.75) is 39.5 Å². The van der Waals surface area contributed by atoms with Gasteiger partial charge in [0, 0.05) is 20.0 Å². The highest BCUT2D eigenvalue weighted by atomic mass is 16.5. The molecule has 0 aliphatic heterocycles. The second kappa shape index (κ2) is 7.82. The molecule has 0 fully saturated rings. The van der Waals surface area contributed by atoms with Gasteiger partial charge in [0.25, 0.3) is 0 Å². The van der Waals surface area contributed by atoms with E-state index in [4.69, 9.17) is 4.74 Å². The monoisotopic (exact) mass is 306 g/mol. The number of hydrogen-bond donors (Lipinski definition) is 2. The molecule has 1 rings (SSSR count). The fraction of sp³-hybridized carbons (Fsp3) is 0.529. The Morgan fingerprint density at radius 1 is 1.14 bits per heavy atom. The van der Waals surface area contributed by atoms with Crippen molar-refractivity contribution in [3.05, 3.63) is 29.3 Å². The van der Waals surface area contributed by atoms with Crippen LogP contribution in [0, 0.1) is 0 Å². The molecular weight excluding hydrogens is 280 g/mol. The molecule has 2 N–H and O–H groups in total. The lowest BCUT2D eigenvalue weighted by Crippen LogP contribution is -2.34. The zero-order valence-corrected chi connectivity index (χ0v) is 14.1. The van der Waals surface area contributed by atoms with Crippen molar-refractivity contribution in [3.63, 3.8) is 0 Å². The molecule has 0 unspecified atom stereocenters. The summed E-state index contributed by atoms with van der Waals surface area (Å²) in [6.07, 6.45) is 0.313. The Balaban J connectivity index is 2.66. The number of nitrogens with one attached hydrogen (secondary N) is 2. The molecule has 5 nitrogen and oxygen atoms in total. The van der Waals surface area contributed by atoms with E-state index >= 15 is 0 Å². The number of methoxy groups -OCH3 is 1. The number of ether oxygens (including phenoxy) is 1. The van der Waals surface area contributed by atoms with E-state index in [1.54, 1.807) is 7.11 Å². The second-order valence-electron chi connectivity index (χ2n) is 6.29. The molecule has 5 heteroatoms. The maximum atomic E-state index is 11.9. The molecule has 1 aromatic rings. The quantitative estimate of drug-likeness (QED) is 0.787. The lowest BCUT2D eigenvalue weighted by Gasteiger charge is -2.23. The molecule has 0 heterocycles. The zero-order chi connectivity index (χ0) is 16.8. The van der Waals surface area contributed by atoms with Gasteiger partial charge in [-0.05, 0) is 22.6 Å². The molecule has 2 amide bonds. The summed E-state index contributed by atoms with van der Waals surface area (Å²) < 4.78 is 5.39. The number of carbonyl (C=O) groups excluding carboxylic acids is 2. The largest absolute Gasteiger partial charge is 0.496 e. The zero-order valence-electron chi connectivity index (χ0n) is 14.1. The van der Waals surface area contributed by atoms with Gasteiger partial charge in [-0.3, -0.25) is 9.59 Å². The second-order valence-corrected chi connectivity index (χ2v) is 6.29. The van der Waals surface area contributed by atoms with Crippen LogP contribution >= 0.6 is 0 Å². The average molecular weight is 306 g/mol. The summed E-state index contributed by atoms with van der Waals surface area (Å²) in [5.74, 6) is 0.678. The smallest absolute Gasteiger partial charge is 0.224 e. The highest BCUT2D eigenvalue weighted by Crippen LogP contribution is 2.32. The predicted molar refractivity (Wildman–Crippen MR) is 87.1 cm³/mol. The lowest BCUT2D eigenvalue weighted by molar-refractivity contribution is -0.121. The van der Waals surface area contributed by atoms with Crippen LogP contribution in [0.5, 0.6) is 5.75 Å². The van der Waals surface area contributed by atoms with Gasteiger partial charge in [0.15, 0.2) is 0 Å². The van der Waals surface area contributed by atoms with Crippen LogP contribution in [-0.2, 0) is 21.4 Å². The minimum atomic E-state index is -0.0979. The van der Waals surface area contributed by atoms with E-state index in [0.29, 0.717) is 19.5 Å². The first-order chi connectivity index (χ1) is 10.2. The maximum Gasteiger partial charge on any atom is 0.224 e. The molecular formula is C17H26N2O3. The van der Waals surface area contributed by atoms with Gasteiger partial charge >= 0.3 is 0 Å². The molecule has 122 valence electrons. The molecule has 0 atom stereocenters. The van der Waals surface area contributed by atoms with E-state index in [9.17, 15) is 9.59 Å². The normalized spacial score (nSPS) is 11.0. The fourth-order valence-electron chi connectivity index (χ4n) is 2.14. The van der Waals surface area contributed by atoms with Crippen LogP contribution < -0.4 is 15.4 Å². The van der Waals surface area contributed by atoms with Crippen molar-refractivity contribution < 1.29 is 14.3 Å². The van der Waals surface area contributed by atoms with E-state index < -0.39 is 0 Å². The average Bonchev–Trinajstić information content (AvgIpc) is 2.42. The minimum Gasteiger partial charge on any atom is -0.496 e. The van der Waals surface area contributed by atoms with E-state index in [-0.39, 0.29) is 17.2 Å². The first-order valence-electron chi connectivity index (χ1n) is 7.42. The first-order valence-corrected chi connectivity index (χ1v) is 7.42. The van der Waals surface area contributed by atoms with Crippen LogP contribution in [0.15, 0.2) is 18.2 Å². The summed E-state index contributed by atoms with van der Waals surface area (Å²) in [6, 6.07) is 5.83. The van der Waals surface area contributed by atoms with Gasteiger partial charge in [0.2, 0.25) is 11.8 Å². The van der Waals surface area contributed by atoms with Gasteiger partial charge in [-0.2, -0.15) is 0 Å². The lowest BCUT2D eigenvalue weighted by atomic mass is 9.85. The Morgan fingerprint density at radius 3 is 2.32 bits per heavy atom. The molecule has 0 aliphatic rings. The van der Waals surface area contributed by atoms with Gasteiger partial charge in [-0.1, -0.05) is 32.9 Å². The molecule has 0 spiro atoms. The molecule has 22 heavy (non-hydrogen) atoms. The maximum absolute atomic E-state index is 11.9. The summed E-state index contributed by atoms with van der Waals surface area (Å²) in [6.45, 7) is 8.66. The van der Waals surface area contributed by atoms with E-state index in [0.717, 1.165) is 16.9 Å². The Hall–Kier alpha value is -2.04. The van der Waals surface area contributed by atoms with Gasteiger partial charge in [-0.15, -0.1) is 0 Å². The van der Waals surface area contributed by atoms with Crippen molar-refractivity contribution in [1.82, 2.24) is 10.6 Å². The van der Waals surface area contributed by atoms with Crippen LogP contribution in [0.4, 0.5) is 0 Å². The number of carbonyl (C=O) groups is 2. The fourth-order valence-corrected chi connectivity index (χ4v) is 2.14. The van der Waals surface area contributed by atoms with Crippen molar-refractivity contribution >= 4 is 11.8 Å². The topological polar surface area (TPSA) is 67.4 Å². The Morgan fingerprint density at radius 2 is 1.77 bits per heavy atom. The summed E-state index contributed by atoms with van der Waals surface area (Å²) in [7, 11) is 1.65. The van der Waals surface area contributed by atoms with Gasteiger partial charge in [-0.25, -0.2) is 0 Å². The molecule has 0 aliphatic carbocycles. The molecule has 1 aromatic carbocycles. The Bertz CT molecular complexity index is 533. The van der Waals surface area contributed by atoms with E-state index in [1.807, 2.05) is 18.2 Å². The summed E-state index contributed by atoms with van der Waals surface area (Å²) in [5.41, 5.74) is 1.98. The molecule has 0 radical (unpaired) electrons. The van der Waals surface area contributed by atoms with Crippen LogP contribution in [0.3, 0.4) is 0 Å². The van der Waals surface area contributed by atoms with Gasteiger partial charge < -0.3 is 15.4 Å². The third kappa shape index (κ3) is 5.76. The molecule has 0 saturated carbocycles. The van der Waals surface area contributed by atoms with Crippen LogP contribution in [0.25, 0.3) is 0 Å². The van der Waals surface area contributed by atoms with Crippen molar-refractivity contribution in [1.29, 1.82) is 0 Å². The number of hydrogen-bond acceptors (Lipinski definition) is 3. The number of rotatable bonds is 6. The van der Waals surface area contributed by atoms with Gasteiger partial charge in [0.1, 0.15) is 5.75 Å².